The Morgan fingerprint density at radius 2 is 1.81 bits per heavy atom. The summed E-state index contributed by atoms with van der Waals surface area (Å²) in [6.45, 7) is 3.45. The molecule has 0 amide bonds. The van der Waals surface area contributed by atoms with Crippen molar-refractivity contribution in [2.75, 3.05) is 26.7 Å². The van der Waals surface area contributed by atoms with Crippen LogP contribution in [0.3, 0.4) is 0 Å². The molecule has 2 N–H and O–H groups in total. The van der Waals surface area contributed by atoms with Crippen LogP contribution < -0.4 is 10.5 Å². The second-order valence-corrected chi connectivity index (χ2v) is 6.55. The van der Waals surface area contributed by atoms with E-state index in [4.69, 9.17) is 10.5 Å². The molecule has 3 nitrogen and oxygen atoms in total. The van der Waals surface area contributed by atoms with Crippen LogP contribution >= 0.6 is 0 Å². The van der Waals surface area contributed by atoms with Crippen molar-refractivity contribution in [3.05, 3.63) is 65.7 Å². The van der Waals surface area contributed by atoms with Gasteiger partial charge in [-0.3, -0.25) is 0 Å². The van der Waals surface area contributed by atoms with Gasteiger partial charge in [-0.1, -0.05) is 24.3 Å². The number of nitrogens with two attached hydrogens (primary N) is 1. The van der Waals surface area contributed by atoms with E-state index in [0.29, 0.717) is 12.2 Å². The summed E-state index contributed by atoms with van der Waals surface area (Å²) in [6.07, 6.45) is 4.21. The lowest BCUT2D eigenvalue weighted by molar-refractivity contribution is 0.320. The van der Waals surface area contributed by atoms with Crippen molar-refractivity contribution >= 4 is 0 Å². The maximum absolute atomic E-state index is 13.4. The minimum atomic E-state index is -0.269. The van der Waals surface area contributed by atoms with E-state index in [9.17, 15) is 8.78 Å². The van der Waals surface area contributed by atoms with Gasteiger partial charge in [0.05, 0.1) is 7.11 Å². The number of likely N-dealkylation sites (tertiary alicyclic amines) is 1. The second-order valence-electron chi connectivity index (χ2n) is 6.55. The quantitative estimate of drug-likeness (QED) is 0.844. The van der Waals surface area contributed by atoms with E-state index in [1.165, 1.54) is 51.2 Å². The minimum absolute atomic E-state index is 0.0625. The van der Waals surface area contributed by atoms with Crippen LogP contribution in [0.5, 0.6) is 5.75 Å². The van der Waals surface area contributed by atoms with Crippen LogP contribution in [-0.2, 0) is 6.42 Å². The molecule has 0 aliphatic carbocycles. The zero-order chi connectivity index (χ0) is 18.8. The third-order valence-corrected chi connectivity index (χ3v) is 4.49. The number of halogens is 2. The molecule has 0 aromatic heterocycles. The Labute approximate surface area is 154 Å². The molecule has 1 fully saturated rings. The summed E-state index contributed by atoms with van der Waals surface area (Å²) >= 11 is 0. The molecular weight excluding hydrogens is 334 g/mol. The van der Waals surface area contributed by atoms with E-state index < -0.39 is 0 Å². The fourth-order valence-corrected chi connectivity index (χ4v) is 3.00. The zero-order valence-corrected chi connectivity index (χ0v) is 15.3. The van der Waals surface area contributed by atoms with Gasteiger partial charge in [-0.2, -0.15) is 0 Å². The second kappa shape index (κ2) is 10.9. The molecule has 0 unspecified atom stereocenters. The highest BCUT2D eigenvalue weighted by Crippen LogP contribution is 2.12. The molecule has 1 heterocycles. The van der Waals surface area contributed by atoms with Crippen LogP contribution in [0.4, 0.5) is 8.78 Å². The number of rotatable bonds is 6. The highest BCUT2D eigenvalue weighted by Gasteiger charge is 2.13. The number of nitrogens with zero attached hydrogens (tertiary/aromatic N) is 1. The molecule has 2 aromatic rings. The van der Waals surface area contributed by atoms with Gasteiger partial charge in [-0.15, -0.1) is 0 Å². The summed E-state index contributed by atoms with van der Waals surface area (Å²) in [7, 11) is 1.51. The third kappa shape index (κ3) is 7.10. The lowest BCUT2D eigenvalue weighted by Crippen LogP contribution is -2.30. The summed E-state index contributed by atoms with van der Waals surface area (Å²) in [6, 6.07) is 13.0. The average molecular weight is 362 g/mol. The van der Waals surface area contributed by atoms with Gasteiger partial charge in [-0.25, -0.2) is 8.78 Å². The van der Waals surface area contributed by atoms with Gasteiger partial charge in [0.1, 0.15) is 17.4 Å². The standard InChI is InChI=1S/C14H21FN2.C7H7FO/c15-14-6-2-1-5-12(14)11-13(16)7-10-17-8-3-4-9-17;1-9-7-4-2-3-6(8)5-7/h1-2,5-6,13H,3-4,7-11,16H2;2-5H,1H3/t13-;/m0./s1. The van der Waals surface area contributed by atoms with Gasteiger partial charge in [0.2, 0.25) is 0 Å². The van der Waals surface area contributed by atoms with Gasteiger partial charge in [0, 0.05) is 12.1 Å². The first-order chi connectivity index (χ1) is 12.6. The normalized spacial score (nSPS) is 15.2. The Morgan fingerprint density at radius 3 is 2.42 bits per heavy atom. The van der Waals surface area contributed by atoms with Crippen LogP contribution in [0.25, 0.3) is 0 Å². The van der Waals surface area contributed by atoms with Crippen LogP contribution in [0.15, 0.2) is 48.5 Å². The van der Waals surface area contributed by atoms with E-state index in [-0.39, 0.29) is 17.7 Å². The molecule has 0 spiro atoms. The number of methoxy groups -OCH3 is 1. The first-order valence-electron chi connectivity index (χ1n) is 9.09. The van der Waals surface area contributed by atoms with Gasteiger partial charge >= 0.3 is 0 Å². The fourth-order valence-electron chi connectivity index (χ4n) is 3.00. The summed E-state index contributed by atoms with van der Waals surface area (Å²) in [5.41, 5.74) is 6.80. The van der Waals surface area contributed by atoms with Crippen molar-refractivity contribution in [1.82, 2.24) is 4.90 Å². The van der Waals surface area contributed by atoms with Crippen LogP contribution in [0.2, 0.25) is 0 Å². The topological polar surface area (TPSA) is 38.5 Å². The number of hydrogen-bond donors (Lipinski definition) is 1. The van der Waals surface area contributed by atoms with Crippen molar-refractivity contribution in [2.24, 2.45) is 5.73 Å². The largest absolute Gasteiger partial charge is 0.497 e. The van der Waals surface area contributed by atoms with Crippen molar-refractivity contribution in [2.45, 2.75) is 31.7 Å². The van der Waals surface area contributed by atoms with Crippen LogP contribution in [0.1, 0.15) is 24.8 Å². The van der Waals surface area contributed by atoms with Gasteiger partial charge in [0.25, 0.3) is 0 Å². The molecule has 0 radical (unpaired) electrons. The number of hydrogen-bond acceptors (Lipinski definition) is 3. The smallest absolute Gasteiger partial charge is 0.126 e. The molecule has 1 saturated heterocycles. The van der Waals surface area contributed by atoms with E-state index in [1.54, 1.807) is 18.2 Å². The molecule has 26 heavy (non-hydrogen) atoms. The maximum Gasteiger partial charge on any atom is 0.126 e. The lowest BCUT2D eigenvalue weighted by atomic mass is 10.0. The molecule has 0 bridgehead atoms. The molecule has 1 aliphatic heterocycles. The van der Waals surface area contributed by atoms with Gasteiger partial charge in [0.15, 0.2) is 0 Å². The van der Waals surface area contributed by atoms with Crippen molar-refractivity contribution < 1.29 is 13.5 Å². The Hall–Kier alpha value is -1.98. The Kier molecular flexibility index (Phi) is 8.51. The van der Waals surface area contributed by atoms with E-state index in [0.717, 1.165) is 18.5 Å². The van der Waals surface area contributed by atoms with Gasteiger partial charge < -0.3 is 15.4 Å². The molecule has 2 aromatic carbocycles. The highest BCUT2D eigenvalue weighted by molar-refractivity contribution is 5.22. The van der Waals surface area contributed by atoms with E-state index in [2.05, 4.69) is 4.90 Å². The van der Waals surface area contributed by atoms with Crippen LogP contribution in [-0.4, -0.2) is 37.7 Å². The fraction of sp³-hybridized carbons (Fsp3) is 0.429. The molecule has 142 valence electrons. The maximum atomic E-state index is 13.4. The predicted octanol–water partition coefficient (Wildman–Crippen LogP) is 4.02. The van der Waals surface area contributed by atoms with Crippen molar-refractivity contribution in [3.8, 4) is 5.75 Å². The SMILES string of the molecule is COc1cccc(F)c1.N[C@@H](CCN1CCCC1)Cc1ccccc1F. The van der Waals surface area contributed by atoms with Crippen molar-refractivity contribution in [1.29, 1.82) is 0 Å². The lowest BCUT2D eigenvalue weighted by Gasteiger charge is -2.18. The Balaban J connectivity index is 0.000000228. The van der Waals surface area contributed by atoms with E-state index in [1.807, 2.05) is 12.1 Å². The first-order valence-corrected chi connectivity index (χ1v) is 9.09. The van der Waals surface area contributed by atoms with E-state index >= 15 is 0 Å². The number of benzene rings is 2. The third-order valence-electron chi connectivity index (χ3n) is 4.49. The predicted molar refractivity (Wildman–Crippen MR) is 101 cm³/mol. The molecule has 5 heteroatoms. The first kappa shape index (κ1) is 20.3. The Morgan fingerprint density at radius 1 is 1.08 bits per heavy atom. The molecule has 0 saturated carbocycles. The van der Waals surface area contributed by atoms with Crippen LogP contribution in [0, 0.1) is 11.6 Å². The molecule has 3 rings (SSSR count). The Bertz CT molecular complexity index is 660. The summed E-state index contributed by atoms with van der Waals surface area (Å²) in [4.78, 5) is 2.45. The minimum Gasteiger partial charge on any atom is -0.497 e. The molecular formula is C21H28F2N2O. The highest BCUT2D eigenvalue weighted by atomic mass is 19.1. The monoisotopic (exact) mass is 362 g/mol. The summed E-state index contributed by atoms with van der Waals surface area (Å²) in [5.74, 6) is 0.147. The van der Waals surface area contributed by atoms with Gasteiger partial charge in [-0.05, 0) is 69.1 Å². The summed E-state index contributed by atoms with van der Waals surface area (Å²) < 4.78 is 30.5. The average Bonchev–Trinajstić information content (AvgIpc) is 3.16. The molecule has 1 aliphatic rings. The zero-order valence-electron chi connectivity index (χ0n) is 15.3. The number of ether oxygens (including phenoxy) is 1. The van der Waals surface area contributed by atoms with Crippen molar-refractivity contribution in [3.63, 3.8) is 0 Å². The summed E-state index contributed by atoms with van der Waals surface area (Å²) in [5, 5.41) is 0. The molecule has 1 atom stereocenters.